The van der Waals surface area contributed by atoms with Crippen LogP contribution in [-0.2, 0) is 14.3 Å². The largest absolute Gasteiger partial charge is 0.481 e. The van der Waals surface area contributed by atoms with E-state index in [1.54, 1.807) is 0 Å². The molecule has 5 heteroatoms. The summed E-state index contributed by atoms with van der Waals surface area (Å²) in [6, 6.07) is 0. The van der Waals surface area contributed by atoms with Crippen molar-refractivity contribution < 1.29 is 19.4 Å². The number of amides is 1. The van der Waals surface area contributed by atoms with E-state index in [9.17, 15) is 9.59 Å². The second kappa shape index (κ2) is 8.25. The molecular weight excluding hydrogens is 258 g/mol. The Labute approximate surface area is 121 Å². The predicted molar refractivity (Wildman–Crippen MR) is 76.3 cm³/mol. The van der Waals surface area contributed by atoms with Gasteiger partial charge in [-0.3, -0.25) is 9.59 Å². The highest BCUT2D eigenvalue weighted by Crippen LogP contribution is 2.36. The molecule has 1 rings (SSSR count). The van der Waals surface area contributed by atoms with Crippen molar-refractivity contribution in [2.24, 2.45) is 23.7 Å². The fourth-order valence-corrected chi connectivity index (χ4v) is 2.69. The van der Waals surface area contributed by atoms with Gasteiger partial charge < -0.3 is 15.2 Å². The molecule has 0 aromatic rings. The maximum Gasteiger partial charge on any atom is 0.307 e. The molecule has 0 spiro atoms. The summed E-state index contributed by atoms with van der Waals surface area (Å²) in [4.78, 5) is 23.2. The number of carbonyl (C=O) groups excluding carboxylic acids is 1. The molecule has 0 aromatic carbocycles. The number of aliphatic carboxylic acids is 1. The summed E-state index contributed by atoms with van der Waals surface area (Å²) < 4.78 is 5.43. The first-order chi connectivity index (χ1) is 9.41. The number of rotatable bonds is 8. The summed E-state index contributed by atoms with van der Waals surface area (Å²) in [5.74, 6) is -1.05. The van der Waals surface area contributed by atoms with Gasteiger partial charge in [0.15, 0.2) is 0 Å². The van der Waals surface area contributed by atoms with Crippen molar-refractivity contribution in [3.63, 3.8) is 0 Å². The molecule has 0 heterocycles. The van der Waals surface area contributed by atoms with Crippen LogP contribution in [0.2, 0.25) is 0 Å². The van der Waals surface area contributed by atoms with Crippen LogP contribution < -0.4 is 5.32 Å². The third-order valence-electron chi connectivity index (χ3n) is 3.67. The summed E-state index contributed by atoms with van der Waals surface area (Å²) in [5, 5.41) is 12.0. The third kappa shape index (κ3) is 5.49. The number of carbonyl (C=O) groups is 2. The van der Waals surface area contributed by atoms with Crippen LogP contribution in [0.1, 0.15) is 40.0 Å². The Morgan fingerprint density at radius 1 is 1.30 bits per heavy atom. The Morgan fingerprint density at radius 3 is 2.55 bits per heavy atom. The second-order valence-corrected chi connectivity index (χ2v) is 6.24. The van der Waals surface area contributed by atoms with E-state index in [2.05, 4.69) is 19.2 Å². The van der Waals surface area contributed by atoms with Gasteiger partial charge >= 0.3 is 5.97 Å². The van der Waals surface area contributed by atoms with E-state index in [0.29, 0.717) is 37.8 Å². The molecule has 0 saturated heterocycles. The molecule has 1 saturated carbocycles. The molecule has 0 bridgehead atoms. The van der Waals surface area contributed by atoms with Crippen LogP contribution in [0.5, 0.6) is 0 Å². The van der Waals surface area contributed by atoms with Gasteiger partial charge in [-0.1, -0.05) is 20.8 Å². The molecule has 116 valence electrons. The highest BCUT2D eigenvalue weighted by atomic mass is 16.5. The molecular formula is C15H27NO4. The first-order valence-electron chi connectivity index (χ1n) is 7.50. The maximum absolute atomic E-state index is 12.0. The standard InChI is InChI=1S/C15H27NO4/c1-10(2)9-20-6-4-5-16-14(17)12-7-11(3)8-13(12)15(18)19/h10-13H,4-9H2,1-3H3,(H,16,17)(H,18,19). The minimum atomic E-state index is -0.852. The normalized spacial score (nSPS) is 25.9. The van der Waals surface area contributed by atoms with Crippen LogP contribution in [0.4, 0.5) is 0 Å². The molecule has 20 heavy (non-hydrogen) atoms. The molecule has 0 aromatic heterocycles. The van der Waals surface area contributed by atoms with Crippen LogP contribution in [0, 0.1) is 23.7 Å². The smallest absolute Gasteiger partial charge is 0.307 e. The summed E-state index contributed by atoms with van der Waals surface area (Å²) in [7, 11) is 0. The summed E-state index contributed by atoms with van der Waals surface area (Å²) in [6.45, 7) is 8.10. The van der Waals surface area contributed by atoms with Gasteiger partial charge in [0.2, 0.25) is 5.91 Å². The highest BCUT2D eigenvalue weighted by molar-refractivity contribution is 5.85. The minimum absolute atomic E-state index is 0.120. The quantitative estimate of drug-likeness (QED) is 0.668. The van der Waals surface area contributed by atoms with Gasteiger partial charge in [0, 0.05) is 19.8 Å². The first kappa shape index (κ1) is 17.0. The van der Waals surface area contributed by atoms with Crippen LogP contribution >= 0.6 is 0 Å². The van der Waals surface area contributed by atoms with E-state index >= 15 is 0 Å². The molecule has 1 aliphatic rings. The number of ether oxygens (including phenoxy) is 1. The highest BCUT2D eigenvalue weighted by Gasteiger charge is 2.40. The fourth-order valence-electron chi connectivity index (χ4n) is 2.69. The van der Waals surface area contributed by atoms with Crippen LogP contribution in [0.15, 0.2) is 0 Å². The van der Waals surface area contributed by atoms with Crippen molar-refractivity contribution in [1.29, 1.82) is 0 Å². The topological polar surface area (TPSA) is 75.6 Å². The number of hydrogen-bond donors (Lipinski definition) is 2. The molecule has 2 N–H and O–H groups in total. The summed E-state index contributed by atoms with van der Waals surface area (Å²) in [5.41, 5.74) is 0. The van der Waals surface area contributed by atoms with Crippen molar-refractivity contribution in [2.45, 2.75) is 40.0 Å². The number of carboxylic acid groups (broad SMARTS) is 1. The number of nitrogens with one attached hydrogen (secondary N) is 1. The third-order valence-corrected chi connectivity index (χ3v) is 3.67. The summed E-state index contributed by atoms with van der Waals surface area (Å²) >= 11 is 0. The average molecular weight is 285 g/mol. The van der Waals surface area contributed by atoms with Gasteiger partial charge in [-0.15, -0.1) is 0 Å². The van der Waals surface area contributed by atoms with Crippen molar-refractivity contribution in [1.82, 2.24) is 5.32 Å². The lowest BCUT2D eigenvalue weighted by Crippen LogP contribution is -2.36. The Kier molecular flexibility index (Phi) is 6.99. The molecule has 1 fully saturated rings. The van der Waals surface area contributed by atoms with E-state index < -0.39 is 11.9 Å². The fraction of sp³-hybridized carbons (Fsp3) is 0.867. The van der Waals surface area contributed by atoms with Gasteiger partial charge in [-0.2, -0.15) is 0 Å². The van der Waals surface area contributed by atoms with Crippen LogP contribution in [-0.4, -0.2) is 36.7 Å². The Morgan fingerprint density at radius 2 is 1.95 bits per heavy atom. The maximum atomic E-state index is 12.0. The predicted octanol–water partition coefficient (Wildman–Crippen LogP) is 1.91. The van der Waals surface area contributed by atoms with Gasteiger partial charge in [0.05, 0.1) is 11.8 Å². The van der Waals surface area contributed by atoms with E-state index in [1.807, 2.05) is 6.92 Å². The molecule has 1 aliphatic carbocycles. The van der Waals surface area contributed by atoms with Crippen molar-refractivity contribution in [2.75, 3.05) is 19.8 Å². The lowest BCUT2D eigenvalue weighted by atomic mass is 9.95. The SMILES string of the molecule is CC(C)COCCCNC(=O)C1CC(C)CC1C(=O)O. The first-order valence-corrected chi connectivity index (χ1v) is 7.50. The van der Waals surface area contributed by atoms with Gasteiger partial charge in [-0.25, -0.2) is 0 Å². The lowest BCUT2D eigenvalue weighted by Gasteiger charge is -2.15. The zero-order valence-electron chi connectivity index (χ0n) is 12.7. The van der Waals surface area contributed by atoms with Crippen molar-refractivity contribution in [3.05, 3.63) is 0 Å². The molecule has 5 nitrogen and oxygen atoms in total. The zero-order valence-corrected chi connectivity index (χ0v) is 12.7. The van der Waals surface area contributed by atoms with E-state index in [4.69, 9.17) is 9.84 Å². The number of hydrogen-bond acceptors (Lipinski definition) is 3. The Balaban J connectivity index is 2.23. The monoisotopic (exact) mass is 285 g/mol. The average Bonchev–Trinajstić information content (AvgIpc) is 2.75. The Bertz CT molecular complexity index is 330. The van der Waals surface area contributed by atoms with Crippen molar-refractivity contribution in [3.8, 4) is 0 Å². The second-order valence-electron chi connectivity index (χ2n) is 6.24. The lowest BCUT2D eigenvalue weighted by molar-refractivity contribution is -0.146. The van der Waals surface area contributed by atoms with Crippen LogP contribution in [0.25, 0.3) is 0 Å². The molecule has 1 amide bonds. The molecule has 3 unspecified atom stereocenters. The van der Waals surface area contributed by atoms with Gasteiger partial charge in [-0.05, 0) is 31.1 Å². The minimum Gasteiger partial charge on any atom is -0.481 e. The summed E-state index contributed by atoms with van der Waals surface area (Å²) in [6.07, 6.45) is 2.04. The van der Waals surface area contributed by atoms with Gasteiger partial charge in [0.1, 0.15) is 0 Å². The molecule has 0 aliphatic heterocycles. The van der Waals surface area contributed by atoms with Crippen molar-refractivity contribution >= 4 is 11.9 Å². The van der Waals surface area contributed by atoms with Crippen LogP contribution in [0.3, 0.4) is 0 Å². The molecule has 3 atom stereocenters. The zero-order chi connectivity index (χ0) is 15.1. The number of carboxylic acids is 1. The van der Waals surface area contributed by atoms with Gasteiger partial charge in [0.25, 0.3) is 0 Å². The van der Waals surface area contributed by atoms with E-state index in [0.717, 1.165) is 13.0 Å². The van der Waals surface area contributed by atoms with E-state index in [1.165, 1.54) is 0 Å². The van der Waals surface area contributed by atoms with E-state index in [-0.39, 0.29) is 11.8 Å². The molecule has 0 radical (unpaired) electrons. The Hall–Kier alpha value is -1.10.